The number of carbonyl (C=O) groups is 1. The molecular formula is C16H22N2O2. The molecule has 0 bridgehead atoms. The minimum Gasteiger partial charge on any atom is -0.457 e. The van der Waals surface area contributed by atoms with Crippen molar-refractivity contribution in [3.8, 4) is 0 Å². The molecule has 20 heavy (non-hydrogen) atoms. The Kier molecular flexibility index (Phi) is 3.21. The van der Waals surface area contributed by atoms with E-state index in [0.29, 0.717) is 6.61 Å². The topological polar surface area (TPSA) is 32.8 Å². The summed E-state index contributed by atoms with van der Waals surface area (Å²) in [5, 5.41) is 0. The van der Waals surface area contributed by atoms with E-state index < -0.39 is 0 Å². The van der Waals surface area contributed by atoms with Gasteiger partial charge < -0.3 is 9.64 Å². The highest BCUT2D eigenvalue weighted by Gasteiger charge is 2.27. The van der Waals surface area contributed by atoms with E-state index in [-0.39, 0.29) is 11.5 Å². The number of esters is 1. The minimum atomic E-state index is -0.191. The summed E-state index contributed by atoms with van der Waals surface area (Å²) < 4.78 is 5.06. The summed E-state index contributed by atoms with van der Waals surface area (Å²) in [6, 6.07) is 6.04. The predicted molar refractivity (Wildman–Crippen MR) is 79.1 cm³/mol. The SMILES string of the molecule is CC(C)(C)N1CCN(c2ccc3c(c2)COC3=O)CC1. The van der Waals surface area contributed by atoms with E-state index in [1.165, 1.54) is 5.69 Å². The summed E-state index contributed by atoms with van der Waals surface area (Å²) in [7, 11) is 0. The van der Waals surface area contributed by atoms with Gasteiger partial charge in [-0.3, -0.25) is 4.90 Å². The number of hydrogen-bond donors (Lipinski definition) is 0. The second-order valence-corrected chi connectivity index (χ2v) is 6.56. The Morgan fingerprint density at radius 1 is 1.10 bits per heavy atom. The lowest BCUT2D eigenvalue weighted by atomic mass is 10.0. The normalized spacial score (nSPS) is 19.9. The Balaban J connectivity index is 1.72. The Morgan fingerprint density at radius 3 is 2.45 bits per heavy atom. The van der Waals surface area contributed by atoms with Gasteiger partial charge in [0.15, 0.2) is 0 Å². The number of anilines is 1. The lowest BCUT2D eigenvalue weighted by molar-refractivity contribution is 0.0535. The van der Waals surface area contributed by atoms with Crippen LogP contribution in [0.25, 0.3) is 0 Å². The summed E-state index contributed by atoms with van der Waals surface area (Å²) >= 11 is 0. The van der Waals surface area contributed by atoms with Gasteiger partial charge in [0.1, 0.15) is 6.61 Å². The molecule has 2 aliphatic rings. The van der Waals surface area contributed by atoms with Crippen LogP contribution in [0.15, 0.2) is 18.2 Å². The Labute approximate surface area is 120 Å². The fourth-order valence-electron chi connectivity index (χ4n) is 2.95. The molecular weight excluding hydrogens is 252 g/mol. The van der Waals surface area contributed by atoms with Crippen LogP contribution in [0.3, 0.4) is 0 Å². The first kappa shape index (κ1) is 13.4. The lowest BCUT2D eigenvalue weighted by Crippen LogP contribution is -2.53. The third-order valence-electron chi connectivity index (χ3n) is 4.26. The molecule has 1 aromatic rings. The predicted octanol–water partition coefficient (Wildman–Crippen LogP) is 2.28. The van der Waals surface area contributed by atoms with Crippen molar-refractivity contribution >= 4 is 11.7 Å². The number of benzene rings is 1. The van der Waals surface area contributed by atoms with Crippen molar-refractivity contribution in [1.82, 2.24) is 4.90 Å². The molecule has 1 saturated heterocycles. The van der Waals surface area contributed by atoms with Gasteiger partial charge in [-0.1, -0.05) is 0 Å². The molecule has 1 fully saturated rings. The first-order valence-corrected chi connectivity index (χ1v) is 7.25. The van der Waals surface area contributed by atoms with Crippen LogP contribution in [0.5, 0.6) is 0 Å². The van der Waals surface area contributed by atoms with E-state index in [1.54, 1.807) is 0 Å². The van der Waals surface area contributed by atoms with Crippen molar-refractivity contribution in [2.75, 3.05) is 31.1 Å². The van der Waals surface area contributed by atoms with Crippen molar-refractivity contribution in [3.63, 3.8) is 0 Å². The summed E-state index contributed by atoms with van der Waals surface area (Å²) in [6.45, 7) is 11.4. The van der Waals surface area contributed by atoms with E-state index in [0.717, 1.165) is 37.3 Å². The zero-order valence-electron chi connectivity index (χ0n) is 12.5. The number of fused-ring (bicyclic) bond motifs is 1. The average Bonchev–Trinajstić information content (AvgIpc) is 2.79. The van der Waals surface area contributed by atoms with Crippen molar-refractivity contribution in [2.24, 2.45) is 0 Å². The molecule has 3 rings (SSSR count). The van der Waals surface area contributed by atoms with Crippen LogP contribution in [0.1, 0.15) is 36.7 Å². The number of nitrogens with zero attached hydrogens (tertiary/aromatic N) is 2. The Morgan fingerprint density at radius 2 is 1.80 bits per heavy atom. The number of ether oxygens (including phenoxy) is 1. The van der Waals surface area contributed by atoms with Crippen LogP contribution in [0.4, 0.5) is 5.69 Å². The minimum absolute atomic E-state index is 0.191. The van der Waals surface area contributed by atoms with Gasteiger partial charge in [0.2, 0.25) is 0 Å². The first-order chi connectivity index (χ1) is 9.45. The summed E-state index contributed by atoms with van der Waals surface area (Å²) in [5.41, 5.74) is 3.19. The van der Waals surface area contributed by atoms with E-state index >= 15 is 0 Å². The van der Waals surface area contributed by atoms with Crippen molar-refractivity contribution in [1.29, 1.82) is 0 Å². The third-order valence-corrected chi connectivity index (χ3v) is 4.26. The highest BCUT2D eigenvalue weighted by molar-refractivity contribution is 5.93. The molecule has 0 aliphatic carbocycles. The van der Waals surface area contributed by atoms with Gasteiger partial charge in [-0.05, 0) is 39.0 Å². The summed E-state index contributed by atoms with van der Waals surface area (Å²) in [5.74, 6) is -0.191. The smallest absolute Gasteiger partial charge is 0.338 e. The van der Waals surface area contributed by atoms with E-state index in [2.05, 4.69) is 36.6 Å². The number of carbonyl (C=O) groups excluding carboxylic acids is 1. The molecule has 1 aromatic carbocycles. The van der Waals surface area contributed by atoms with Crippen molar-refractivity contribution in [2.45, 2.75) is 32.9 Å². The zero-order chi connectivity index (χ0) is 14.3. The van der Waals surface area contributed by atoms with Gasteiger partial charge in [0.05, 0.1) is 5.56 Å². The highest BCUT2D eigenvalue weighted by Crippen LogP contribution is 2.27. The number of cyclic esters (lactones) is 1. The quantitative estimate of drug-likeness (QED) is 0.736. The van der Waals surface area contributed by atoms with Crippen molar-refractivity contribution < 1.29 is 9.53 Å². The second-order valence-electron chi connectivity index (χ2n) is 6.56. The van der Waals surface area contributed by atoms with Crippen molar-refractivity contribution in [3.05, 3.63) is 29.3 Å². The molecule has 108 valence electrons. The van der Waals surface area contributed by atoms with Crippen LogP contribution in [-0.2, 0) is 11.3 Å². The zero-order valence-corrected chi connectivity index (χ0v) is 12.5. The molecule has 0 amide bonds. The molecule has 0 unspecified atom stereocenters. The summed E-state index contributed by atoms with van der Waals surface area (Å²) in [4.78, 5) is 16.4. The molecule has 0 atom stereocenters. The van der Waals surface area contributed by atoms with Crippen LogP contribution in [0, 0.1) is 0 Å². The average molecular weight is 274 g/mol. The first-order valence-electron chi connectivity index (χ1n) is 7.25. The van der Waals surface area contributed by atoms with Crippen LogP contribution in [0.2, 0.25) is 0 Å². The van der Waals surface area contributed by atoms with E-state index in [4.69, 9.17) is 4.74 Å². The monoisotopic (exact) mass is 274 g/mol. The largest absolute Gasteiger partial charge is 0.457 e. The van der Waals surface area contributed by atoms with Gasteiger partial charge in [0, 0.05) is 43.0 Å². The fourth-order valence-corrected chi connectivity index (χ4v) is 2.95. The maximum absolute atomic E-state index is 11.5. The molecule has 0 N–H and O–H groups in total. The Hall–Kier alpha value is -1.55. The van der Waals surface area contributed by atoms with Crippen LogP contribution >= 0.6 is 0 Å². The maximum Gasteiger partial charge on any atom is 0.338 e. The van der Waals surface area contributed by atoms with Gasteiger partial charge in [-0.25, -0.2) is 4.79 Å². The molecule has 0 aromatic heterocycles. The lowest BCUT2D eigenvalue weighted by Gasteiger charge is -2.43. The highest BCUT2D eigenvalue weighted by atomic mass is 16.5. The van der Waals surface area contributed by atoms with Crippen LogP contribution in [-0.4, -0.2) is 42.6 Å². The van der Waals surface area contributed by atoms with Crippen LogP contribution < -0.4 is 4.90 Å². The van der Waals surface area contributed by atoms with E-state index in [1.807, 2.05) is 12.1 Å². The molecule has 4 heteroatoms. The number of hydrogen-bond acceptors (Lipinski definition) is 4. The fraction of sp³-hybridized carbons (Fsp3) is 0.562. The van der Waals surface area contributed by atoms with E-state index in [9.17, 15) is 4.79 Å². The standard InChI is InChI=1S/C16H22N2O2/c1-16(2,3)18-8-6-17(7-9-18)13-4-5-14-12(10-13)11-20-15(14)19/h4-5,10H,6-9,11H2,1-3H3. The third kappa shape index (κ3) is 2.40. The summed E-state index contributed by atoms with van der Waals surface area (Å²) in [6.07, 6.45) is 0. The molecule has 0 spiro atoms. The van der Waals surface area contributed by atoms with Gasteiger partial charge in [-0.15, -0.1) is 0 Å². The molecule has 4 nitrogen and oxygen atoms in total. The molecule has 2 aliphatic heterocycles. The number of piperazine rings is 1. The maximum atomic E-state index is 11.5. The molecule has 0 radical (unpaired) electrons. The number of rotatable bonds is 1. The van der Waals surface area contributed by atoms with Gasteiger partial charge >= 0.3 is 5.97 Å². The Bertz CT molecular complexity index is 526. The second kappa shape index (κ2) is 4.77. The molecule has 2 heterocycles. The molecule has 0 saturated carbocycles. The van der Waals surface area contributed by atoms with Gasteiger partial charge in [-0.2, -0.15) is 0 Å². The van der Waals surface area contributed by atoms with Gasteiger partial charge in [0.25, 0.3) is 0 Å².